The fourth-order valence-electron chi connectivity index (χ4n) is 3.48. The van der Waals surface area contributed by atoms with Crippen LogP contribution in [0.3, 0.4) is 0 Å². The molecule has 1 aromatic rings. The maximum Gasteiger partial charge on any atom is 0.0976 e. The Hall–Kier alpha value is -0.240. The average molecular weight is 285 g/mol. The Bertz CT molecular complexity index is 411. The zero-order chi connectivity index (χ0) is 12.6. The third-order valence-electron chi connectivity index (χ3n) is 4.58. The average Bonchev–Trinajstić information content (AvgIpc) is 3.09. The van der Waals surface area contributed by atoms with Crippen LogP contribution in [0.5, 0.6) is 0 Å². The van der Waals surface area contributed by atoms with E-state index >= 15 is 0 Å². The molecule has 0 radical (unpaired) electrons. The molecule has 1 aliphatic carbocycles. The lowest BCUT2D eigenvalue weighted by molar-refractivity contribution is 0.193. The number of epoxide rings is 1. The molecule has 1 aromatic carbocycles. The van der Waals surface area contributed by atoms with Gasteiger partial charge in [-0.05, 0) is 55.2 Å². The number of ether oxygens (including phenoxy) is 1. The highest BCUT2D eigenvalue weighted by atomic mass is 35.5. The van der Waals surface area contributed by atoms with Crippen LogP contribution in [0.1, 0.15) is 24.8 Å². The molecule has 2 aliphatic rings. The van der Waals surface area contributed by atoms with Crippen molar-refractivity contribution in [2.24, 2.45) is 11.8 Å². The van der Waals surface area contributed by atoms with Crippen molar-refractivity contribution in [2.75, 3.05) is 12.5 Å². The van der Waals surface area contributed by atoms with Crippen molar-refractivity contribution >= 4 is 23.2 Å². The molecule has 1 saturated carbocycles. The third kappa shape index (κ3) is 2.29. The van der Waals surface area contributed by atoms with Gasteiger partial charge in [-0.3, -0.25) is 0 Å². The summed E-state index contributed by atoms with van der Waals surface area (Å²) in [6, 6.07) is 8.21. The second kappa shape index (κ2) is 5.03. The molecule has 2 fully saturated rings. The molecule has 3 atom stereocenters. The van der Waals surface area contributed by atoms with Gasteiger partial charge in [0, 0.05) is 10.9 Å². The van der Waals surface area contributed by atoms with E-state index in [1.165, 1.54) is 18.4 Å². The van der Waals surface area contributed by atoms with E-state index in [0.717, 1.165) is 30.4 Å². The van der Waals surface area contributed by atoms with Crippen LogP contribution in [-0.2, 0) is 11.2 Å². The zero-order valence-electron chi connectivity index (χ0n) is 10.4. The second-order valence-corrected chi connectivity index (χ2v) is 6.34. The maximum absolute atomic E-state index is 5.92. The predicted molar refractivity (Wildman–Crippen MR) is 75.4 cm³/mol. The summed E-state index contributed by atoms with van der Waals surface area (Å²) in [5.41, 5.74) is 1.53. The monoisotopic (exact) mass is 284 g/mol. The molecule has 1 aliphatic heterocycles. The number of hydrogen-bond donors (Lipinski definition) is 0. The number of hydrogen-bond acceptors (Lipinski definition) is 1. The van der Waals surface area contributed by atoms with Crippen molar-refractivity contribution < 1.29 is 4.74 Å². The lowest BCUT2D eigenvalue weighted by atomic mass is 9.85. The lowest BCUT2D eigenvalue weighted by Gasteiger charge is -2.20. The van der Waals surface area contributed by atoms with Gasteiger partial charge in [0.1, 0.15) is 0 Å². The molecule has 0 amide bonds. The van der Waals surface area contributed by atoms with Gasteiger partial charge in [-0.1, -0.05) is 23.7 Å². The summed E-state index contributed by atoms with van der Waals surface area (Å²) in [6.07, 6.45) is 4.74. The van der Waals surface area contributed by atoms with Crippen molar-refractivity contribution in [3.63, 3.8) is 0 Å². The van der Waals surface area contributed by atoms with Gasteiger partial charge in [0.15, 0.2) is 0 Å². The first-order valence-corrected chi connectivity index (χ1v) is 7.60. The number of alkyl halides is 1. The van der Waals surface area contributed by atoms with E-state index in [-0.39, 0.29) is 5.60 Å². The molecule has 1 saturated heterocycles. The van der Waals surface area contributed by atoms with E-state index in [1.54, 1.807) is 0 Å². The van der Waals surface area contributed by atoms with Crippen LogP contribution in [0.25, 0.3) is 0 Å². The van der Waals surface area contributed by atoms with E-state index in [1.807, 2.05) is 12.1 Å². The molecule has 0 bridgehead atoms. The molecule has 0 N–H and O–H groups in total. The highest BCUT2D eigenvalue weighted by Gasteiger charge is 2.59. The molecular weight excluding hydrogens is 267 g/mol. The molecule has 1 spiro atoms. The Morgan fingerprint density at radius 2 is 1.83 bits per heavy atom. The molecule has 98 valence electrons. The predicted octanol–water partition coefficient (Wildman–Crippen LogP) is 4.31. The molecule has 0 aromatic heterocycles. The SMILES string of the molecule is ClCCC1CCC(Cc2ccc(Cl)cc2)C12CO2. The summed E-state index contributed by atoms with van der Waals surface area (Å²) < 4.78 is 5.85. The Labute approximate surface area is 118 Å². The van der Waals surface area contributed by atoms with Gasteiger partial charge >= 0.3 is 0 Å². The highest BCUT2D eigenvalue weighted by molar-refractivity contribution is 6.30. The quantitative estimate of drug-likeness (QED) is 0.593. The Morgan fingerprint density at radius 1 is 1.17 bits per heavy atom. The van der Waals surface area contributed by atoms with Crippen LogP contribution in [0.4, 0.5) is 0 Å². The van der Waals surface area contributed by atoms with E-state index in [9.17, 15) is 0 Å². The van der Waals surface area contributed by atoms with E-state index in [2.05, 4.69) is 12.1 Å². The first-order chi connectivity index (χ1) is 8.74. The second-order valence-electron chi connectivity index (χ2n) is 5.52. The van der Waals surface area contributed by atoms with Gasteiger partial charge in [-0.2, -0.15) is 0 Å². The van der Waals surface area contributed by atoms with Gasteiger partial charge in [0.05, 0.1) is 12.2 Å². The van der Waals surface area contributed by atoms with Crippen LogP contribution >= 0.6 is 23.2 Å². The topological polar surface area (TPSA) is 12.5 Å². The molecule has 1 nitrogen and oxygen atoms in total. The Morgan fingerprint density at radius 3 is 2.44 bits per heavy atom. The fraction of sp³-hybridized carbons (Fsp3) is 0.600. The maximum atomic E-state index is 5.92. The zero-order valence-corrected chi connectivity index (χ0v) is 11.9. The summed E-state index contributed by atoms with van der Waals surface area (Å²) in [5.74, 6) is 2.09. The standard InChI is InChI=1S/C15H18Cl2O/c16-8-7-12-3-4-13(15(12)10-18-15)9-11-1-5-14(17)6-2-11/h1-2,5-6,12-13H,3-4,7-10H2. The van der Waals surface area contributed by atoms with Crippen molar-refractivity contribution in [3.8, 4) is 0 Å². The highest BCUT2D eigenvalue weighted by Crippen LogP contribution is 2.54. The number of halogens is 2. The van der Waals surface area contributed by atoms with Crippen LogP contribution < -0.4 is 0 Å². The minimum absolute atomic E-state index is 0.161. The molecule has 3 rings (SSSR count). The van der Waals surface area contributed by atoms with Crippen LogP contribution in [0.15, 0.2) is 24.3 Å². The molecule has 1 heterocycles. The largest absolute Gasteiger partial charge is 0.369 e. The summed E-state index contributed by atoms with van der Waals surface area (Å²) in [4.78, 5) is 0. The molecule has 18 heavy (non-hydrogen) atoms. The fourth-order valence-corrected chi connectivity index (χ4v) is 3.87. The Kier molecular flexibility index (Phi) is 3.57. The van der Waals surface area contributed by atoms with Crippen LogP contribution in [0, 0.1) is 11.8 Å². The van der Waals surface area contributed by atoms with Crippen LogP contribution in [0.2, 0.25) is 5.02 Å². The van der Waals surface area contributed by atoms with E-state index in [0.29, 0.717) is 11.8 Å². The number of benzene rings is 1. The van der Waals surface area contributed by atoms with E-state index < -0.39 is 0 Å². The summed E-state index contributed by atoms with van der Waals surface area (Å²) >= 11 is 11.8. The van der Waals surface area contributed by atoms with Gasteiger partial charge in [0.2, 0.25) is 0 Å². The lowest BCUT2D eigenvalue weighted by Crippen LogP contribution is -2.27. The third-order valence-corrected chi connectivity index (χ3v) is 5.05. The minimum Gasteiger partial charge on any atom is -0.369 e. The minimum atomic E-state index is 0.161. The van der Waals surface area contributed by atoms with Crippen molar-refractivity contribution in [1.82, 2.24) is 0 Å². The van der Waals surface area contributed by atoms with Gasteiger partial charge < -0.3 is 4.74 Å². The van der Waals surface area contributed by atoms with E-state index in [4.69, 9.17) is 27.9 Å². The normalized spacial score (nSPS) is 34.1. The summed E-state index contributed by atoms with van der Waals surface area (Å²) in [5, 5.41) is 0.808. The molecular formula is C15H18Cl2O. The smallest absolute Gasteiger partial charge is 0.0976 e. The van der Waals surface area contributed by atoms with Crippen LogP contribution in [-0.4, -0.2) is 18.1 Å². The van der Waals surface area contributed by atoms with Crippen molar-refractivity contribution in [2.45, 2.75) is 31.3 Å². The van der Waals surface area contributed by atoms with Gasteiger partial charge in [-0.15, -0.1) is 11.6 Å². The number of rotatable bonds is 4. The van der Waals surface area contributed by atoms with Gasteiger partial charge in [-0.25, -0.2) is 0 Å². The first kappa shape index (κ1) is 12.8. The molecule has 3 unspecified atom stereocenters. The van der Waals surface area contributed by atoms with Crippen molar-refractivity contribution in [1.29, 1.82) is 0 Å². The van der Waals surface area contributed by atoms with Crippen molar-refractivity contribution in [3.05, 3.63) is 34.9 Å². The first-order valence-electron chi connectivity index (χ1n) is 6.69. The molecule has 3 heteroatoms. The summed E-state index contributed by atoms with van der Waals surface area (Å²) in [6.45, 7) is 0.937. The Balaban J connectivity index is 1.69. The van der Waals surface area contributed by atoms with Gasteiger partial charge in [0.25, 0.3) is 0 Å². The summed E-state index contributed by atoms with van der Waals surface area (Å²) in [7, 11) is 0.